The Morgan fingerprint density at radius 2 is 1.07 bits per heavy atom. The lowest BCUT2D eigenvalue weighted by Crippen LogP contribution is -2.21. The van der Waals surface area contributed by atoms with E-state index in [4.69, 9.17) is 9.47 Å². The summed E-state index contributed by atoms with van der Waals surface area (Å²) in [5.41, 5.74) is 1.04. The van der Waals surface area contributed by atoms with Crippen LogP contribution in [-0.4, -0.2) is 25.2 Å². The molecule has 0 saturated heterocycles. The van der Waals surface area contributed by atoms with Gasteiger partial charge in [-0.15, -0.1) is 0 Å². The Labute approximate surface area is 179 Å². The SMILES string of the molecule is CCCCCCCCCCC(C(=O)OCCCC)=C(C(=O)OCCCC)C(C)C. The second-order valence-corrected chi connectivity index (χ2v) is 8.25. The van der Waals surface area contributed by atoms with Gasteiger partial charge in [-0.05, 0) is 31.6 Å². The molecule has 0 aromatic heterocycles. The van der Waals surface area contributed by atoms with Gasteiger partial charge in [-0.25, -0.2) is 9.59 Å². The fourth-order valence-corrected chi connectivity index (χ4v) is 3.27. The van der Waals surface area contributed by atoms with E-state index in [0.717, 1.165) is 38.5 Å². The fourth-order valence-electron chi connectivity index (χ4n) is 3.27. The fraction of sp³-hybridized carbons (Fsp3) is 0.840. The Kier molecular flexibility index (Phi) is 17.8. The Hall–Kier alpha value is -1.32. The summed E-state index contributed by atoms with van der Waals surface area (Å²) in [4.78, 5) is 25.4. The summed E-state index contributed by atoms with van der Waals surface area (Å²) in [5, 5.41) is 0. The minimum Gasteiger partial charge on any atom is -0.462 e. The molecule has 0 fully saturated rings. The molecule has 0 unspecified atom stereocenters. The molecule has 0 heterocycles. The van der Waals surface area contributed by atoms with Crippen LogP contribution < -0.4 is 0 Å². The topological polar surface area (TPSA) is 52.6 Å². The highest BCUT2D eigenvalue weighted by Crippen LogP contribution is 2.24. The summed E-state index contributed by atoms with van der Waals surface area (Å²) in [6.45, 7) is 11.1. The molecule has 170 valence electrons. The first-order valence-electron chi connectivity index (χ1n) is 12.1. The van der Waals surface area contributed by atoms with Crippen molar-refractivity contribution in [3.05, 3.63) is 11.1 Å². The molecule has 0 rings (SSSR count). The van der Waals surface area contributed by atoms with Gasteiger partial charge in [0.25, 0.3) is 0 Å². The molecule has 0 atom stereocenters. The standard InChI is InChI=1S/C25H46O4/c1-6-9-12-13-14-15-16-17-18-22(24(26)28-19-10-7-2)23(21(4)5)25(27)29-20-11-8-3/h21H,6-20H2,1-5H3. The Balaban J connectivity index is 4.99. The van der Waals surface area contributed by atoms with E-state index in [9.17, 15) is 9.59 Å². The van der Waals surface area contributed by atoms with Crippen molar-refractivity contribution < 1.29 is 19.1 Å². The number of unbranched alkanes of at least 4 members (excludes halogenated alkanes) is 9. The second kappa shape index (κ2) is 18.7. The zero-order valence-electron chi connectivity index (χ0n) is 19.8. The average Bonchev–Trinajstić information content (AvgIpc) is 2.68. The van der Waals surface area contributed by atoms with Crippen molar-refractivity contribution in [2.45, 2.75) is 118 Å². The number of carbonyl (C=O) groups excluding carboxylic acids is 2. The Morgan fingerprint density at radius 3 is 1.55 bits per heavy atom. The smallest absolute Gasteiger partial charge is 0.334 e. The summed E-state index contributed by atoms with van der Waals surface area (Å²) in [7, 11) is 0. The summed E-state index contributed by atoms with van der Waals surface area (Å²) >= 11 is 0. The summed E-state index contributed by atoms with van der Waals surface area (Å²) in [5.74, 6) is -0.750. The van der Waals surface area contributed by atoms with Crippen LogP contribution >= 0.6 is 0 Å². The van der Waals surface area contributed by atoms with Gasteiger partial charge in [-0.3, -0.25) is 0 Å². The highest BCUT2D eigenvalue weighted by atomic mass is 16.5. The van der Waals surface area contributed by atoms with Crippen LogP contribution in [-0.2, 0) is 19.1 Å². The third kappa shape index (κ3) is 13.5. The van der Waals surface area contributed by atoms with Gasteiger partial charge in [0, 0.05) is 5.57 Å². The van der Waals surface area contributed by atoms with E-state index in [1.807, 2.05) is 13.8 Å². The highest BCUT2D eigenvalue weighted by molar-refractivity contribution is 6.00. The molecule has 29 heavy (non-hydrogen) atoms. The van der Waals surface area contributed by atoms with Gasteiger partial charge in [-0.2, -0.15) is 0 Å². The normalized spacial score (nSPS) is 12.1. The molecule has 4 nitrogen and oxygen atoms in total. The third-order valence-electron chi connectivity index (χ3n) is 5.11. The van der Waals surface area contributed by atoms with Gasteiger partial charge < -0.3 is 9.47 Å². The average molecular weight is 411 g/mol. The predicted octanol–water partition coefficient (Wildman–Crippen LogP) is 7.16. The van der Waals surface area contributed by atoms with Crippen LogP contribution in [0.25, 0.3) is 0 Å². The first-order valence-corrected chi connectivity index (χ1v) is 12.1. The van der Waals surface area contributed by atoms with Crippen molar-refractivity contribution in [2.75, 3.05) is 13.2 Å². The van der Waals surface area contributed by atoms with E-state index in [1.54, 1.807) is 0 Å². The summed E-state index contributed by atoms with van der Waals surface area (Å²) < 4.78 is 10.9. The van der Waals surface area contributed by atoms with E-state index >= 15 is 0 Å². The van der Waals surface area contributed by atoms with Gasteiger partial charge in [0.15, 0.2) is 0 Å². The van der Waals surface area contributed by atoms with Gasteiger partial charge in [-0.1, -0.05) is 92.4 Å². The molecule has 0 amide bonds. The van der Waals surface area contributed by atoms with Gasteiger partial charge >= 0.3 is 11.9 Å². The molecule has 0 radical (unpaired) electrons. The predicted molar refractivity (Wildman–Crippen MR) is 121 cm³/mol. The monoisotopic (exact) mass is 410 g/mol. The molecule has 0 aliphatic heterocycles. The molecule has 0 aromatic rings. The van der Waals surface area contributed by atoms with Crippen molar-refractivity contribution in [3.8, 4) is 0 Å². The molecule has 4 heteroatoms. The summed E-state index contributed by atoms with van der Waals surface area (Å²) in [6, 6.07) is 0. The quantitative estimate of drug-likeness (QED) is 0.137. The van der Waals surface area contributed by atoms with Crippen molar-refractivity contribution in [2.24, 2.45) is 5.92 Å². The van der Waals surface area contributed by atoms with Gasteiger partial charge in [0.05, 0.1) is 18.8 Å². The lowest BCUT2D eigenvalue weighted by Gasteiger charge is -2.17. The number of hydrogen-bond acceptors (Lipinski definition) is 4. The molecule has 0 N–H and O–H groups in total. The van der Waals surface area contributed by atoms with Crippen molar-refractivity contribution in [3.63, 3.8) is 0 Å². The van der Waals surface area contributed by atoms with Crippen LogP contribution in [0.15, 0.2) is 11.1 Å². The first kappa shape index (κ1) is 27.7. The number of rotatable bonds is 18. The van der Waals surface area contributed by atoms with E-state index in [-0.39, 0.29) is 17.9 Å². The molecule has 0 bridgehead atoms. The van der Waals surface area contributed by atoms with Crippen LogP contribution in [0.1, 0.15) is 118 Å². The Morgan fingerprint density at radius 1 is 0.621 bits per heavy atom. The van der Waals surface area contributed by atoms with Crippen LogP contribution in [0.4, 0.5) is 0 Å². The number of hydrogen-bond donors (Lipinski definition) is 0. The Bertz CT molecular complexity index is 465. The highest BCUT2D eigenvalue weighted by Gasteiger charge is 2.25. The van der Waals surface area contributed by atoms with Crippen molar-refractivity contribution in [1.29, 1.82) is 0 Å². The molecule has 0 spiro atoms. The maximum Gasteiger partial charge on any atom is 0.334 e. The second-order valence-electron chi connectivity index (χ2n) is 8.25. The van der Waals surface area contributed by atoms with E-state index in [1.165, 1.54) is 38.5 Å². The lowest BCUT2D eigenvalue weighted by molar-refractivity contribution is -0.143. The van der Waals surface area contributed by atoms with Crippen molar-refractivity contribution >= 4 is 11.9 Å². The lowest BCUT2D eigenvalue weighted by atomic mass is 9.93. The molecule has 0 aliphatic carbocycles. The molecule has 0 aromatic carbocycles. The van der Waals surface area contributed by atoms with Crippen LogP contribution in [0.2, 0.25) is 0 Å². The molecular weight excluding hydrogens is 364 g/mol. The summed E-state index contributed by atoms with van der Waals surface area (Å²) in [6.07, 6.45) is 13.8. The number of carbonyl (C=O) groups is 2. The third-order valence-corrected chi connectivity index (χ3v) is 5.11. The largest absolute Gasteiger partial charge is 0.462 e. The van der Waals surface area contributed by atoms with E-state index in [2.05, 4.69) is 20.8 Å². The van der Waals surface area contributed by atoms with Gasteiger partial charge in [0.1, 0.15) is 0 Å². The maximum atomic E-state index is 12.7. The first-order chi connectivity index (χ1) is 14.0. The van der Waals surface area contributed by atoms with Crippen molar-refractivity contribution in [1.82, 2.24) is 0 Å². The molecule has 0 saturated carbocycles. The number of esters is 2. The zero-order chi connectivity index (χ0) is 21.9. The van der Waals surface area contributed by atoms with Crippen LogP contribution in [0, 0.1) is 5.92 Å². The van der Waals surface area contributed by atoms with E-state index < -0.39 is 0 Å². The van der Waals surface area contributed by atoms with Crippen LogP contribution in [0.5, 0.6) is 0 Å². The molecular formula is C25H46O4. The van der Waals surface area contributed by atoms with E-state index in [0.29, 0.717) is 30.8 Å². The van der Waals surface area contributed by atoms with Crippen LogP contribution in [0.3, 0.4) is 0 Å². The maximum absolute atomic E-state index is 12.7. The minimum atomic E-state index is -0.351. The zero-order valence-corrected chi connectivity index (χ0v) is 19.8. The number of ether oxygens (including phenoxy) is 2. The minimum absolute atomic E-state index is 0.0631. The van der Waals surface area contributed by atoms with Gasteiger partial charge in [0.2, 0.25) is 0 Å². The molecule has 0 aliphatic rings.